The molecule has 0 spiro atoms. The van der Waals surface area contributed by atoms with E-state index in [0.717, 1.165) is 6.42 Å². The molecule has 0 aliphatic rings. The molecule has 0 rings (SSSR count). The first-order valence-corrected chi connectivity index (χ1v) is 6.95. The Balaban J connectivity index is 3.87. The molecule has 16 heavy (non-hydrogen) atoms. The summed E-state index contributed by atoms with van der Waals surface area (Å²) >= 11 is 0. The lowest BCUT2D eigenvalue weighted by Crippen LogP contribution is -2.40. The van der Waals surface area contributed by atoms with E-state index in [1.54, 1.807) is 13.8 Å². The zero-order chi connectivity index (χ0) is 12.6. The third kappa shape index (κ3) is 6.04. The van der Waals surface area contributed by atoms with Crippen molar-refractivity contribution < 1.29 is 8.42 Å². The summed E-state index contributed by atoms with van der Waals surface area (Å²) in [7, 11) is -3.32. The number of rotatable bonds is 9. The van der Waals surface area contributed by atoms with E-state index in [2.05, 4.69) is 4.72 Å². The van der Waals surface area contributed by atoms with Crippen molar-refractivity contribution in [3.63, 3.8) is 0 Å². The second-order valence-electron chi connectivity index (χ2n) is 3.47. The van der Waals surface area contributed by atoms with Gasteiger partial charge in [-0.15, -0.1) is 0 Å². The molecule has 96 valence electrons. The van der Waals surface area contributed by atoms with Gasteiger partial charge in [0, 0.05) is 26.1 Å². The van der Waals surface area contributed by atoms with Crippen LogP contribution in [-0.4, -0.2) is 38.2 Å². The zero-order valence-electron chi connectivity index (χ0n) is 9.99. The van der Waals surface area contributed by atoms with Crippen LogP contribution in [0.3, 0.4) is 0 Å². The third-order valence-corrected chi connectivity index (χ3v) is 3.97. The maximum Gasteiger partial charge on any atom is 0.279 e. The molecule has 0 amide bonds. The summed E-state index contributed by atoms with van der Waals surface area (Å²) in [6.45, 7) is 4.95. The first-order chi connectivity index (χ1) is 7.44. The maximum atomic E-state index is 11.6. The van der Waals surface area contributed by atoms with Gasteiger partial charge in [-0.2, -0.15) is 12.7 Å². The molecule has 0 fully saturated rings. The predicted octanol–water partition coefficient (Wildman–Crippen LogP) is 0.269. The Morgan fingerprint density at radius 2 is 1.88 bits per heavy atom. The molecule has 6 nitrogen and oxygen atoms in total. The van der Waals surface area contributed by atoms with Crippen molar-refractivity contribution in [2.45, 2.75) is 33.1 Å². The highest BCUT2D eigenvalue weighted by atomic mass is 32.2. The van der Waals surface area contributed by atoms with Gasteiger partial charge in [0.1, 0.15) is 0 Å². The lowest BCUT2D eigenvalue weighted by atomic mass is 10.2. The molecule has 0 bridgehead atoms. The number of amidine groups is 1. The van der Waals surface area contributed by atoms with Gasteiger partial charge in [0.15, 0.2) is 0 Å². The maximum absolute atomic E-state index is 11.6. The fourth-order valence-electron chi connectivity index (χ4n) is 1.30. The number of nitrogens with zero attached hydrogens (tertiary/aromatic N) is 1. The fourth-order valence-corrected chi connectivity index (χ4v) is 2.56. The number of hydrogen-bond donors (Lipinski definition) is 3. The summed E-state index contributed by atoms with van der Waals surface area (Å²) in [4.78, 5) is 0. The van der Waals surface area contributed by atoms with Gasteiger partial charge in [0.2, 0.25) is 0 Å². The fraction of sp³-hybridized carbons (Fsp3) is 0.889. The number of nitrogens with one attached hydrogen (secondary N) is 2. The minimum atomic E-state index is -3.32. The first kappa shape index (κ1) is 15.3. The van der Waals surface area contributed by atoms with Crippen LogP contribution >= 0.6 is 0 Å². The van der Waals surface area contributed by atoms with Crippen LogP contribution in [0.5, 0.6) is 0 Å². The van der Waals surface area contributed by atoms with Crippen LogP contribution in [0.2, 0.25) is 0 Å². The molecule has 0 aliphatic carbocycles. The first-order valence-electron chi connectivity index (χ1n) is 5.51. The zero-order valence-corrected chi connectivity index (χ0v) is 10.8. The van der Waals surface area contributed by atoms with Crippen LogP contribution in [0.15, 0.2) is 0 Å². The SMILES string of the molecule is CCN(CC)S(=O)(=O)NCCCCC(=N)N. The molecule has 0 unspecified atom stereocenters. The monoisotopic (exact) mass is 250 g/mol. The van der Waals surface area contributed by atoms with E-state index >= 15 is 0 Å². The highest BCUT2D eigenvalue weighted by Gasteiger charge is 2.16. The minimum Gasteiger partial charge on any atom is -0.388 e. The van der Waals surface area contributed by atoms with Crippen LogP contribution in [0.1, 0.15) is 33.1 Å². The van der Waals surface area contributed by atoms with Crippen molar-refractivity contribution in [1.82, 2.24) is 9.03 Å². The topological polar surface area (TPSA) is 99.3 Å². The van der Waals surface area contributed by atoms with Crippen molar-refractivity contribution in [2.75, 3.05) is 19.6 Å². The van der Waals surface area contributed by atoms with E-state index in [4.69, 9.17) is 11.1 Å². The quantitative estimate of drug-likeness (QED) is 0.311. The summed E-state index contributed by atoms with van der Waals surface area (Å²) < 4.78 is 27.2. The third-order valence-electron chi connectivity index (χ3n) is 2.20. The number of nitrogens with two attached hydrogens (primary N) is 1. The second kappa shape index (κ2) is 7.59. The van der Waals surface area contributed by atoms with E-state index in [1.807, 2.05) is 0 Å². The van der Waals surface area contributed by atoms with Crippen LogP contribution in [0, 0.1) is 5.41 Å². The van der Waals surface area contributed by atoms with E-state index in [0.29, 0.717) is 32.5 Å². The summed E-state index contributed by atoms with van der Waals surface area (Å²) in [5.41, 5.74) is 5.19. The minimum absolute atomic E-state index is 0.145. The lowest BCUT2D eigenvalue weighted by molar-refractivity contribution is 0.434. The van der Waals surface area contributed by atoms with E-state index in [-0.39, 0.29) is 5.84 Å². The van der Waals surface area contributed by atoms with Gasteiger partial charge in [-0.1, -0.05) is 13.8 Å². The van der Waals surface area contributed by atoms with E-state index in [1.165, 1.54) is 4.31 Å². The van der Waals surface area contributed by atoms with Crippen molar-refractivity contribution in [1.29, 1.82) is 5.41 Å². The average molecular weight is 250 g/mol. The van der Waals surface area contributed by atoms with Crippen LogP contribution in [-0.2, 0) is 10.2 Å². The Labute approximate surface area is 97.9 Å². The largest absolute Gasteiger partial charge is 0.388 e. The smallest absolute Gasteiger partial charge is 0.279 e. The summed E-state index contributed by atoms with van der Waals surface area (Å²) in [6, 6.07) is 0. The lowest BCUT2D eigenvalue weighted by Gasteiger charge is -2.18. The summed E-state index contributed by atoms with van der Waals surface area (Å²) in [6.07, 6.45) is 1.95. The highest BCUT2D eigenvalue weighted by Crippen LogP contribution is 1.98. The number of unbranched alkanes of at least 4 members (excludes halogenated alkanes) is 1. The Kier molecular flexibility index (Phi) is 7.27. The van der Waals surface area contributed by atoms with Crippen molar-refractivity contribution in [3.05, 3.63) is 0 Å². The molecule has 0 heterocycles. The number of hydrogen-bond acceptors (Lipinski definition) is 3. The Hall–Kier alpha value is -0.660. The van der Waals surface area contributed by atoms with Crippen LogP contribution in [0.25, 0.3) is 0 Å². The Morgan fingerprint density at radius 1 is 1.31 bits per heavy atom. The van der Waals surface area contributed by atoms with E-state index < -0.39 is 10.2 Å². The molecule has 0 aromatic carbocycles. The van der Waals surface area contributed by atoms with Crippen LogP contribution in [0.4, 0.5) is 0 Å². The summed E-state index contributed by atoms with van der Waals surface area (Å²) in [5.74, 6) is 0.145. The Morgan fingerprint density at radius 3 is 2.31 bits per heavy atom. The van der Waals surface area contributed by atoms with Gasteiger partial charge in [-0.3, -0.25) is 5.41 Å². The van der Waals surface area contributed by atoms with Crippen molar-refractivity contribution in [3.8, 4) is 0 Å². The Bertz CT molecular complexity index is 299. The van der Waals surface area contributed by atoms with Crippen molar-refractivity contribution in [2.24, 2.45) is 5.73 Å². The normalized spacial score (nSPS) is 11.9. The van der Waals surface area contributed by atoms with Gasteiger partial charge in [0.25, 0.3) is 10.2 Å². The molecule has 0 aromatic heterocycles. The van der Waals surface area contributed by atoms with Crippen molar-refractivity contribution >= 4 is 16.0 Å². The summed E-state index contributed by atoms with van der Waals surface area (Å²) in [5, 5.41) is 7.01. The molecular formula is C9H22N4O2S. The predicted molar refractivity (Wildman–Crippen MR) is 65.6 cm³/mol. The molecule has 0 radical (unpaired) electrons. The van der Waals surface area contributed by atoms with Gasteiger partial charge in [-0.25, -0.2) is 4.72 Å². The van der Waals surface area contributed by atoms with Crippen LogP contribution < -0.4 is 10.5 Å². The highest BCUT2D eigenvalue weighted by molar-refractivity contribution is 7.87. The molecule has 0 saturated heterocycles. The van der Waals surface area contributed by atoms with Gasteiger partial charge in [-0.05, 0) is 12.8 Å². The van der Waals surface area contributed by atoms with Gasteiger partial charge in [0.05, 0.1) is 5.84 Å². The van der Waals surface area contributed by atoms with Gasteiger partial charge < -0.3 is 5.73 Å². The standard InChI is InChI=1S/C9H22N4O2S/c1-3-13(4-2)16(14,15)12-8-6-5-7-9(10)11/h12H,3-8H2,1-2H3,(H3,10,11). The molecule has 0 saturated carbocycles. The van der Waals surface area contributed by atoms with E-state index in [9.17, 15) is 8.42 Å². The average Bonchev–Trinajstić information content (AvgIpc) is 2.17. The van der Waals surface area contributed by atoms with Gasteiger partial charge >= 0.3 is 0 Å². The second-order valence-corrected chi connectivity index (χ2v) is 5.22. The molecule has 0 aliphatic heterocycles. The molecular weight excluding hydrogens is 228 g/mol. The molecule has 7 heteroatoms. The molecule has 4 N–H and O–H groups in total. The molecule has 0 atom stereocenters. The molecule has 0 aromatic rings.